The van der Waals surface area contributed by atoms with Crippen molar-refractivity contribution in [3.8, 4) is 0 Å². The Bertz CT molecular complexity index is 772. The van der Waals surface area contributed by atoms with Gasteiger partial charge in [-0.15, -0.1) is 11.3 Å². The van der Waals surface area contributed by atoms with E-state index in [9.17, 15) is 0 Å². The van der Waals surface area contributed by atoms with Crippen LogP contribution < -0.4 is 11.1 Å². The Kier molecular flexibility index (Phi) is 3.40. The topological polar surface area (TPSA) is 50.9 Å². The van der Waals surface area contributed by atoms with E-state index in [4.69, 9.17) is 5.73 Å². The molecule has 20 heavy (non-hydrogen) atoms. The van der Waals surface area contributed by atoms with Crippen molar-refractivity contribution in [3.63, 3.8) is 0 Å². The van der Waals surface area contributed by atoms with Gasteiger partial charge in [0.15, 0.2) is 0 Å². The molecule has 0 amide bonds. The molecule has 0 unspecified atom stereocenters. The first-order valence-corrected chi connectivity index (χ1v) is 7.89. The standard InChI is InChI=1S/C15H14BrN3S/c1-8-5-10(16)6-9(2)14(8)19-11-3-4-12-15(13(11)17)18-7-20-12/h3-7,19H,17H2,1-2H3. The molecule has 0 fully saturated rings. The first kappa shape index (κ1) is 13.4. The van der Waals surface area contributed by atoms with Crippen LogP contribution in [0.25, 0.3) is 10.2 Å². The van der Waals surface area contributed by atoms with Crippen LogP contribution in [0.4, 0.5) is 17.1 Å². The van der Waals surface area contributed by atoms with Crippen LogP contribution in [0.15, 0.2) is 34.2 Å². The zero-order valence-electron chi connectivity index (χ0n) is 11.2. The number of rotatable bonds is 2. The SMILES string of the molecule is Cc1cc(Br)cc(C)c1Nc1ccc2scnc2c1N. The normalized spacial score (nSPS) is 10.9. The average Bonchev–Trinajstić information content (AvgIpc) is 2.85. The molecule has 3 N–H and O–H groups in total. The number of aromatic nitrogens is 1. The largest absolute Gasteiger partial charge is 0.395 e. The Morgan fingerprint density at radius 1 is 1.20 bits per heavy atom. The summed E-state index contributed by atoms with van der Waals surface area (Å²) in [5.41, 5.74) is 13.9. The van der Waals surface area contributed by atoms with Crippen molar-refractivity contribution < 1.29 is 0 Å². The van der Waals surface area contributed by atoms with Crippen LogP contribution in [-0.4, -0.2) is 4.98 Å². The van der Waals surface area contributed by atoms with Gasteiger partial charge in [0, 0.05) is 10.2 Å². The molecular formula is C15H14BrN3S. The molecule has 5 heteroatoms. The van der Waals surface area contributed by atoms with E-state index in [1.807, 2.05) is 11.6 Å². The molecule has 0 aliphatic carbocycles. The van der Waals surface area contributed by atoms with Crippen LogP contribution in [0.3, 0.4) is 0 Å². The zero-order valence-corrected chi connectivity index (χ0v) is 13.6. The van der Waals surface area contributed by atoms with E-state index >= 15 is 0 Å². The molecular weight excluding hydrogens is 334 g/mol. The summed E-state index contributed by atoms with van der Waals surface area (Å²) >= 11 is 5.11. The fourth-order valence-corrected chi connectivity index (χ4v) is 3.68. The molecule has 0 bridgehead atoms. The van der Waals surface area contributed by atoms with E-state index in [0.29, 0.717) is 5.69 Å². The zero-order chi connectivity index (χ0) is 14.3. The lowest BCUT2D eigenvalue weighted by Crippen LogP contribution is -2.00. The summed E-state index contributed by atoms with van der Waals surface area (Å²) in [7, 11) is 0. The number of fused-ring (bicyclic) bond motifs is 1. The van der Waals surface area contributed by atoms with Gasteiger partial charge in [0.25, 0.3) is 0 Å². The van der Waals surface area contributed by atoms with Gasteiger partial charge in [-0.3, -0.25) is 0 Å². The molecule has 0 saturated carbocycles. The molecule has 0 spiro atoms. The van der Waals surface area contributed by atoms with Crippen molar-refractivity contribution in [3.05, 3.63) is 45.4 Å². The van der Waals surface area contributed by atoms with Gasteiger partial charge < -0.3 is 11.1 Å². The minimum Gasteiger partial charge on any atom is -0.395 e. The maximum atomic E-state index is 6.21. The van der Waals surface area contributed by atoms with Gasteiger partial charge in [-0.2, -0.15) is 0 Å². The highest BCUT2D eigenvalue weighted by atomic mass is 79.9. The average molecular weight is 348 g/mol. The van der Waals surface area contributed by atoms with Crippen molar-refractivity contribution in [1.29, 1.82) is 0 Å². The number of nitrogens with one attached hydrogen (secondary N) is 1. The molecule has 3 rings (SSSR count). The maximum Gasteiger partial charge on any atom is 0.106 e. The summed E-state index contributed by atoms with van der Waals surface area (Å²) in [6.45, 7) is 4.16. The third-order valence-electron chi connectivity index (χ3n) is 3.30. The first-order valence-electron chi connectivity index (χ1n) is 6.21. The third-order valence-corrected chi connectivity index (χ3v) is 4.55. The number of halogens is 1. The maximum absolute atomic E-state index is 6.21. The Balaban J connectivity index is 2.07. The highest BCUT2D eigenvalue weighted by Gasteiger charge is 2.10. The van der Waals surface area contributed by atoms with Crippen LogP contribution in [0, 0.1) is 13.8 Å². The lowest BCUT2D eigenvalue weighted by Gasteiger charge is -2.15. The highest BCUT2D eigenvalue weighted by molar-refractivity contribution is 9.10. The smallest absolute Gasteiger partial charge is 0.106 e. The molecule has 3 nitrogen and oxygen atoms in total. The van der Waals surface area contributed by atoms with Crippen molar-refractivity contribution in [2.75, 3.05) is 11.1 Å². The number of nitrogen functional groups attached to an aromatic ring is 1. The summed E-state index contributed by atoms with van der Waals surface area (Å²) in [5, 5.41) is 3.44. The van der Waals surface area contributed by atoms with Crippen LogP contribution in [0.1, 0.15) is 11.1 Å². The summed E-state index contributed by atoms with van der Waals surface area (Å²) in [4.78, 5) is 4.33. The van der Waals surface area contributed by atoms with Crippen LogP contribution in [0.5, 0.6) is 0 Å². The molecule has 102 valence electrons. The molecule has 0 aliphatic heterocycles. The molecule has 3 aromatic rings. The van der Waals surface area contributed by atoms with Crippen LogP contribution in [-0.2, 0) is 0 Å². The van der Waals surface area contributed by atoms with Crippen LogP contribution in [0.2, 0.25) is 0 Å². The minimum absolute atomic E-state index is 0.700. The Morgan fingerprint density at radius 3 is 2.60 bits per heavy atom. The van der Waals surface area contributed by atoms with Gasteiger partial charge >= 0.3 is 0 Å². The molecule has 0 radical (unpaired) electrons. The lowest BCUT2D eigenvalue weighted by atomic mass is 10.1. The number of aryl methyl sites for hydroxylation is 2. The van der Waals surface area contributed by atoms with E-state index in [1.54, 1.807) is 11.3 Å². The van der Waals surface area contributed by atoms with Crippen molar-refractivity contribution >= 4 is 54.5 Å². The summed E-state index contributed by atoms with van der Waals surface area (Å²) in [6.07, 6.45) is 0. The van der Waals surface area contributed by atoms with Gasteiger partial charge in [0.05, 0.1) is 21.6 Å². The van der Waals surface area contributed by atoms with Crippen molar-refractivity contribution in [2.45, 2.75) is 13.8 Å². The van der Waals surface area contributed by atoms with Gasteiger partial charge in [-0.1, -0.05) is 15.9 Å². The van der Waals surface area contributed by atoms with Gasteiger partial charge in [-0.25, -0.2) is 4.98 Å². The first-order chi connectivity index (χ1) is 9.56. The van der Waals surface area contributed by atoms with E-state index < -0.39 is 0 Å². The lowest BCUT2D eigenvalue weighted by molar-refractivity contribution is 1.34. The Hall–Kier alpha value is -1.59. The Morgan fingerprint density at radius 2 is 1.90 bits per heavy atom. The molecule has 0 aliphatic rings. The predicted octanol–water partition coefficient (Wildman–Crippen LogP) is 5.00. The Labute approximate surface area is 130 Å². The number of nitrogens with two attached hydrogens (primary N) is 1. The molecule has 0 atom stereocenters. The van der Waals surface area contributed by atoms with E-state index in [-0.39, 0.29) is 0 Å². The monoisotopic (exact) mass is 347 g/mol. The number of nitrogens with zero attached hydrogens (tertiary/aromatic N) is 1. The summed E-state index contributed by atoms with van der Waals surface area (Å²) in [5.74, 6) is 0. The highest BCUT2D eigenvalue weighted by Crippen LogP contribution is 2.34. The van der Waals surface area contributed by atoms with E-state index in [1.165, 1.54) is 11.1 Å². The molecule has 0 saturated heterocycles. The number of thiazole rings is 1. The number of benzene rings is 2. The second-order valence-corrected chi connectivity index (χ2v) is 6.57. The molecule has 2 aromatic carbocycles. The second-order valence-electron chi connectivity index (χ2n) is 4.77. The van der Waals surface area contributed by atoms with Crippen LogP contribution >= 0.6 is 27.3 Å². The van der Waals surface area contributed by atoms with Gasteiger partial charge in [0.1, 0.15) is 5.52 Å². The fourth-order valence-electron chi connectivity index (χ4n) is 2.30. The third kappa shape index (κ3) is 2.27. The van der Waals surface area contributed by atoms with Crippen molar-refractivity contribution in [2.24, 2.45) is 0 Å². The number of hydrogen-bond donors (Lipinski definition) is 2. The fraction of sp³-hybridized carbons (Fsp3) is 0.133. The summed E-state index contributed by atoms with van der Waals surface area (Å²) in [6, 6.07) is 8.24. The summed E-state index contributed by atoms with van der Waals surface area (Å²) < 4.78 is 2.19. The minimum atomic E-state index is 0.700. The number of hydrogen-bond acceptors (Lipinski definition) is 4. The predicted molar refractivity (Wildman–Crippen MR) is 90.9 cm³/mol. The molecule has 1 heterocycles. The molecule has 1 aromatic heterocycles. The quantitative estimate of drug-likeness (QED) is 0.641. The number of anilines is 3. The van der Waals surface area contributed by atoms with E-state index in [2.05, 4.69) is 58.3 Å². The second kappa shape index (κ2) is 5.07. The van der Waals surface area contributed by atoms with Gasteiger partial charge in [0.2, 0.25) is 0 Å². The van der Waals surface area contributed by atoms with E-state index in [0.717, 1.165) is 26.1 Å². The van der Waals surface area contributed by atoms with Gasteiger partial charge in [-0.05, 0) is 49.2 Å². The van der Waals surface area contributed by atoms with Crippen molar-refractivity contribution in [1.82, 2.24) is 4.98 Å².